The lowest BCUT2D eigenvalue weighted by molar-refractivity contribution is 0.0356. The van der Waals surface area contributed by atoms with E-state index in [2.05, 4.69) is 68.1 Å². The lowest BCUT2D eigenvalue weighted by atomic mass is 9.95. The van der Waals surface area contributed by atoms with E-state index in [0.29, 0.717) is 17.9 Å². The van der Waals surface area contributed by atoms with Gasteiger partial charge in [0.1, 0.15) is 0 Å². The van der Waals surface area contributed by atoms with Crippen molar-refractivity contribution >= 4 is 29.1 Å². The fourth-order valence-corrected chi connectivity index (χ4v) is 5.94. The molecule has 0 radical (unpaired) electrons. The van der Waals surface area contributed by atoms with Crippen molar-refractivity contribution in [3.63, 3.8) is 0 Å². The highest BCUT2D eigenvalue weighted by molar-refractivity contribution is 6.32. The molecule has 2 aliphatic rings. The first-order valence-electron chi connectivity index (χ1n) is 13.5. The average molecular weight is 546 g/mol. The molecule has 11 heteroatoms. The molecule has 0 aliphatic carbocycles. The van der Waals surface area contributed by atoms with E-state index in [9.17, 15) is 9.90 Å². The Morgan fingerprint density at radius 1 is 1.16 bits per heavy atom. The van der Waals surface area contributed by atoms with Crippen LogP contribution < -0.4 is 16.0 Å². The third-order valence-corrected chi connectivity index (χ3v) is 8.07. The van der Waals surface area contributed by atoms with Crippen molar-refractivity contribution in [2.75, 3.05) is 63.1 Å². The van der Waals surface area contributed by atoms with Gasteiger partial charge in [0.15, 0.2) is 22.5 Å². The van der Waals surface area contributed by atoms with E-state index in [1.807, 2.05) is 0 Å². The summed E-state index contributed by atoms with van der Waals surface area (Å²) in [6, 6.07) is 9.33. The largest absolute Gasteiger partial charge is 0.395 e. The van der Waals surface area contributed by atoms with Gasteiger partial charge in [-0.1, -0.05) is 48.4 Å². The van der Waals surface area contributed by atoms with Crippen LogP contribution in [0.5, 0.6) is 0 Å². The van der Waals surface area contributed by atoms with Crippen LogP contribution in [-0.4, -0.2) is 100 Å². The predicted octanol–water partition coefficient (Wildman–Crippen LogP) is 1.84. The molecule has 3 heterocycles. The van der Waals surface area contributed by atoms with Crippen LogP contribution in [0.1, 0.15) is 53.8 Å². The minimum Gasteiger partial charge on any atom is -0.395 e. The minimum atomic E-state index is -0.508. The molecular weight excluding hydrogens is 506 g/mol. The van der Waals surface area contributed by atoms with E-state index in [-0.39, 0.29) is 42.5 Å². The molecule has 2 aliphatic heterocycles. The highest BCUT2D eigenvalue weighted by Crippen LogP contribution is 2.31. The van der Waals surface area contributed by atoms with Crippen molar-refractivity contribution in [2.45, 2.75) is 51.2 Å². The Labute approximate surface area is 229 Å². The number of nitrogens with zero attached hydrogens (tertiary/aromatic N) is 5. The number of hydrogen-bond donors (Lipinski definition) is 4. The standard InChI is InChI=1S/C27H40ClN7O3/c1-3-20-16-34(26-24(28)31-23(25(29)32-26)27(38)30-10-15-36)13-14-35(20)21-8-11-33(12-9-21)22(17-37)19-6-4-18(2)5-7-19/h4-7,20-22,36-37H,3,8-17H2,1-2H3,(H2,29,32)(H,30,38)/t20-,22+/m0/s1. The molecule has 2 fully saturated rings. The van der Waals surface area contributed by atoms with Crippen LogP contribution in [0.3, 0.4) is 0 Å². The highest BCUT2D eigenvalue weighted by Gasteiger charge is 2.35. The van der Waals surface area contributed by atoms with Gasteiger partial charge in [-0.05, 0) is 31.7 Å². The van der Waals surface area contributed by atoms with Crippen molar-refractivity contribution in [2.24, 2.45) is 0 Å². The number of hydrogen-bond acceptors (Lipinski definition) is 9. The summed E-state index contributed by atoms with van der Waals surface area (Å²) < 4.78 is 0. The number of piperazine rings is 1. The molecule has 0 bridgehead atoms. The first-order chi connectivity index (χ1) is 18.4. The van der Waals surface area contributed by atoms with Crippen LogP contribution in [0.4, 0.5) is 11.6 Å². The Morgan fingerprint density at radius 2 is 1.87 bits per heavy atom. The summed E-state index contributed by atoms with van der Waals surface area (Å²) in [6.07, 6.45) is 3.11. The van der Waals surface area contributed by atoms with Gasteiger partial charge in [-0.15, -0.1) is 0 Å². The molecule has 2 aromatic rings. The van der Waals surface area contributed by atoms with Gasteiger partial charge in [0.25, 0.3) is 5.91 Å². The summed E-state index contributed by atoms with van der Waals surface area (Å²) in [5.74, 6) is 0.0142. The Hall–Kier alpha value is -2.50. The number of aliphatic hydroxyl groups is 2. The summed E-state index contributed by atoms with van der Waals surface area (Å²) >= 11 is 6.47. The number of nitrogens with one attached hydrogen (secondary N) is 1. The number of carbonyl (C=O) groups is 1. The monoisotopic (exact) mass is 545 g/mol. The molecule has 0 unspecified atom stereocenters. The van der Waals surface area contributed by atoms with Gasteiger partial charge >= 0.3 is 0 Å². The Kier molecular flexibility index (Phi) is 9.78. The van der Waals surface area contributed by atoms with Crippen molar-refractivity contribution in [3.8, 4) is 0 Å². The van der Waals surface area contributed by atoms with Gasteiger partial charge in [-0.2, -0.15) is 0 Å². The molecule has 2 saturated heterocycles. The zero-order valence-corrected chi connectivity index (χ0v) is 23.1. The summed E-state index contributed by atoms with van der Waals surface area (Å²) in [4.78, 5) is 28.1. The van der Waals surface area contributed by atoms with Crippen LogP contribution in [0.15, 0.2) is 24.3 Å². The molecule has 38 heavy (non-hydrogen) atoms. The second-order valence-electron chi connectivity index (χ2n) is 10.2. The molecular formula is C27H40ClN7O3. The van der Waals surface area contributed by atoms with Crippen LogP contribution in [0.2, 0.25) is 5.15 Å². The number of aromatic nitrogens is 2. The molecule has 5 N–H and O–H groups in total. The number of likely N-dealkylation sites (tertiary alicyclic amines) is 1. The number of nitrogen functional groups attached to an aromatic ring is 1. The maximum absolute atomic E-state index is 12.3. The third kappa shape index (κ3) is 6.38. The van der Waals surface area contributed by atoms with Crippen LogP contribution in [-0.2, 0) is 0 Å². The number of piperidine rings is 1. The Balaban J connectivity index is 1.38. The number of halogens is 1. The molecule has 1 aromatic carbocycles. The Bertz CT molecular complexity index is 1080. The van der Waals surface area contributed by atoms with Crippen molar-refractivity contribution in [1.29, 1.82) is 0 Å². The van der Waals surface area contributed by atoms with Crippen molar-refractivity contribution in [3.05, 3.63) is 46.2 Å². The lowest BCUT2D eigenvalue weighted by Gasteiger charge is -2.48. The molecule has 0 spiro atoms. The van der Waals surface area contributed by atoms with E-state index in [1.54, 1.807) is 0 Å². The molecule has 1 amide bonds. The first kappa shape index (κ1) is 28.5. The fraction of sp³-hybridized carbons (Fsp3) is 0.593. The second kappa shape index (κ2) is 13.0. The molecule has 4 rings (SSSR count). The van der Waals surface area contributed by atoms with Crippen LogP contribution in [0.25, 0.3) is 0 Å². The van der Waals surface area contributed by atoms with Crippen molar-refractivity contribution < 1.29 is 15.0 Å². The van der Waals surface area contributed by atoms with Gasteiger partial charge in [0.05, 0.1) is 19.3 Å². The number of amides is 1. The second-order valence-corrected chi connectivity index (χ2v) is 10.5. The molecule has 10 nitrogen and oxygen atoms in total. The van der Waals surface area contributed by atoms with Gasteiger partial charge in [0, 0.05) is 51.4 Å². The highest BCUT2D eigenvalue weighted by atomic mass is 35.5. The zero-order valence-electron chi connectivity index (χ0n) is 22.3. The summed E-state index contributed by atoms with van der Waals surface area (Å²) in [5, 5.41) is 21.8. The van der Waals surface area contributed by atoms with E-state index < -0.39 is 5.91 Å². The first-order valence-corrected chi connectivity index (χ1v) is 13.9. The lowest BCUT2D eigenvalue weighted by Crippen LogP contribution is -2.58. The van der Waals surface area contributed by atoms with Gasteiger partial charge in [0.2, 0.25) is 0 Å². The van der Waals surface area contributed by atoms with Gasteiger partial charge in [-0.25, -0.2) is 9.97 Å². The molecule has 208 valence electrons. The SMILES string of the molecule is CC[C@H]1CN(c2nc(N)c(C(=O)NCCO)nc2Cl)CCN1C1CCN([C@H](CO)c2ccc(C)cc2)CC1. The number of carbonyl (C=O) groups excluding carboxylic acids is 1. The zero-order chi connectivity index (χ0) is 27.2. The maximum atomic E-state index is 12.3. The summed E-state index contributed by atoms with van der Waals surface area (Å²) in [5.41, 5.74) is 8.43. The van der Waals surface area contributed by atoms with Crippen molar-refractivity contribution in [1.82, 2.24) is 25.1 Å². The third-order valence-electron chi connectivity index (χ3n) is 7.82. The van der Waals surface area contributed by atoms with E-state index >= 15 is 0 Å². The van der Waals surface area contributed by atoms with E-state index in [4.69, 9.17) is 22.4 Å². The number of rotatable bonds is 9. The molecule has 1 aromatic heterocycles. The van der Waals surface area contributed by atoms with Gasteiger partial charge < -0.3 is 26.2 Å². The summed E-state index contributed by atoms with van der Waals surface area (Å²) in [7, 11) is 0. The number of aliphatic hydroxyl groups excluding tert-OH is 2. The predicted molar refractivity (Wildman–Crippen MR) is 149 cm³/mol. The van der Waals surface area contributed by atoms with E-state index in [1.165, 1.54) is 11.1 Å². The normalized spacial score (nSPS) is 20.4. The minimum absolute atomic E-state index is 0.0229. The van der Waals surface area contributed by atoms with Crippen LogP contribution >= 0.6 is 11.6 Å². The number of aryl methyl sites for hydroxylation is 1. The van der Waals surface area contributed by atoms with Crippen LogP contribution in [0, 0.1) is 6.92 Å². The summed E-state index contributed by atoms with van der Waals surface area (Å²) in [6.45, 7) is 8.60. The number of anilines is 2. The molecule has 2 atom stereocenters. The van der Waals surface area contributed by atoms with E-state index in [0.717, 1.165) is 52.0 Å². The maximum Gasteiger partial charge on any atom is 0.273 e. The topological polar surface area (TPSA) is 131 Å². The quantitative estimate of drug-likeness (QED) is 0.373. The Morgan fingerprint density at radius 3 is 2.50 bits per heavy atom. The molecule has 0 saturated carbocycles. The van der Waals surface area contributed by atoms with Gasteiger partial charge in [-0.3, -0.25) is 14.6 Å². The smallest absolute Gasteiger partial charge is 0.273 e. The number of nitrogens with two attached hydrogens (primary N) is 1. The average Bonchev–Trinajstić information content (AvgIpc) is 2.94. The fourth-order valence-electron chi connectivity index (χ4n) is 5.70. The number of benzene rings is 1.